The van der Waals surface area contributed by atoms with Crippen molar-refractivity contribution in [2.24, 2.45) is 0 Å². The van der Waals surface area contributed by atoms with Crippen LogP contribution in [-0.4, -0.2) is 31.7 Å². The van der Waals surface area contributed by atoms with Gasteiger partial charge in [-0.15, -0.1) is 0 Å². The molecule has 0 saturated heterocycles. The Morgan fingerprint density at radius 2 is 2.00 bits per heavy atom. The average Bonchev–Trinajstić information content (AvgIpc) is 2.60. The molecule has 1 heterocycles. The Bertz CT molecular complexity index is 842. The number of fused-ring (bicyclic) bond motifs is 1. The van der Waals surface area contributed by atoms with Gasteiger partial charge in [0.1, 0.15) is 18.1 Å². The van der Waals surface area contributed by atoms with Gasteiger partial charge in [-0.1, -0.05) is 0 Å². The van der Waals surface area contributed by atoms with E-state index in [4.69, 9.17) is 14.2 Å². The summed E-state index contributed by atoms with van der Waals surface area (Å²) >= 11 is 3.27. The zero-order chi connectivity index (χ0) is 17.3. The molecule has 0 aromatic heterocycles. The van der Waals surface area contributed by atoms with Crippen molar-refractivity contribution in [1.82, 2.24) is 0 Å². The van der Waals surface area contributed by atoms with Crippen molar-refractivity contribution in [3.05, 3.63) is 51.5 Å². The van der Waals surface area contributed by atoms with E-state index in [9.17, 15) is 9.90 Å². The molecule has 24 heavy (non-hydrogen) atoms. The molecule has 0 atom stereocenters. The fraction of sp³-hybridized carbons (Fsp3) is 0.167. The first kappa shape index (κ1) is 16.4. The molecule has 1 N–H and O–H groups in total. The van der Waals surface area contributed by atoms with Crippen LogP contribution in [0.5, 0.6) is 23.0 Å². The fourth-order valence-corrected chi connectivity index (χ4v) is 2.93. The maximum Gasteiger partial charge on any atom is 0.196 e. The first-order valence-electron chi connectivity index (χ1n) is 7.16. The molecule has 6 heteroatoms. The zero-order valence-corrected chi connectivity index (χ0v) is 14.7. The van der Waals surface area contributed by atoms with Gasteiger partial charge in [0.15, 0.2) is 17.3 Å². The second-order valence-corrected chi connectivity index (χ2v) is 6.06. The summed E-state index contributed by atoms with van der Waals surface area (Å²) in [4.78, 5) is 12.7. The Hall–Kier alpha value is -2.47. The Morgan fingerprint density at radius 3 is 2.71 bits per heavy atom. The maximum absolute atomic E-state index is 12.7. The zero-order valence-electron chi connectivity index (χ0n) is 13.1. The standard InChI is InChI=1S/C18H15BrO5/c1-22-12-3-4-15-13(8-12)17(20)11(9-24-15)5-10-6-14(19)18(21)16(7-10)23-2/h3-8,21H,9H2,1-2H3. The van der Waals surface area contributed by atoms with E-state index in [0.29, 0.717) is 32.9 Å². The molecule has 0 saturated carbocycles. The molecule has 1 aliphatic rings. The molecular weight excluding hydrogens is 376 g/mol. The van der Waals surface area contributed by atoms with E-state index in [1.807, 2.05) is 0 Å². The smallest absolute Gasteiger partial charge is 0.196 e. The number of hydrogen-bond donors (Lipinski definition) is 1. The highest BCUT2D eigenvalue weighted by atomic mass is 79.9. The lowest BCUT2D eigenvalue weighted by atomic mass is 9.98. The van der Waals surface area contributed by atoms with E-state index in [0.717, 1.165) is 5.56 Å². The molecule has 2 aromatic rings. The van der Waals surface area contributed by atoms with Gasteiger partial charge in [0, 0.05) is 5.57 Å². The molecule has 0 aliphatic carbocycles. The van der Waals surface area contributed by atoms with Crippen LogP contribution in [0.3, 0.4) is 0 Å². The summed E-state index contributed by atoms with van der Waals surface area (Å²) < 4.78 is 16.4. The van der Waals surface area contributed by atoms with Crippen molar-refractivity contribution in [2.45, 2.75) is 0 Å². The second kappa shape index (κ2) is 6.57. The second-order valence-electron chi connectivity index (χ2n) is 5.20. The summed E-state index contributed by atoms with van der Waals surface area (Å²) in [5.74, 6) is 1.37. The highest BCUT2D eigenvalue weighted by Gasteiger charge is 2.24. The van der Waals surface area contributed by atoms with E-state index >= 15 is 0 Å². The molecule has 0 fully saturated rings. The minimum Gasteiger partial charge on any atom is -0.503 e. The molecule has 2 aromatic carbocycles. The van der Waals surface area contributed by atoms with Crippen LogP contribution >= 0.6 is 15.9 Å². The molecule has 0 amide bonds. The Labute approximate surface area is 147 Å². The minimum atomic E-state index is -0.113. The molecule has 124 valence electrons. The summed E-state index contributed by atoms with van der Waals surface area (Å²) in [5, 5.41) is 9.87. The number of phenolic OH excluding ortho intramolecular Hbond substituents is 1. The van der Waals surface area contributed by atoms with Crippen LogP contribution in [0.25, 0.3) is 6.08 Å². The van der Waals surface area contributed by atoms with Crippen LogP contribution in [0.2, 0.25) is 0 Å². The number of benzene rings is 2. The number of ether oxygens (including phenoxy) is 3. The highest BCUT2D eigenvalue weighted by molar-refractivity contribution is 9.10. The van der Waals surface area contributed by atoms with Gasteiger partial charge in [0.2, 0.25) is 0 Å². The van der Waals surface area contributed by atoms with E-state index in [1.165, 1.54) is 7.11 Å². The van der Waals surface area contributed by atoms with Gasteiger partial charge in [0.25, 0.3) is 0 Å². The third-order valence-corrected chi connectivity index (χ3v) is 4.32. The van der Waals surface area contributed by atoms with Crippen LogP contribution in [0.4, 0.5) is 0 Å². The molecule has 0 bridgehead atoms. The van der Waals surface area contributed by atoms with Crippen molar-refractivity contribution >= 4 is 27.8 Å². The van der Waals surface area contributed by atoms with Crippen LogP contribution in [0.1, 0.15) is 15.9 Å². The highest BCUT2D eigenvalue weighted by Crippen LogP contribution is 2.37. The Morgan fingerprint density at radius 1 is 1.21 bits per heavy atom. The van der Waals surface area contributed by atoms with Gasteiger partial charge in [0.05, 0.1) is 24.3 Å². The monoisotopic (exact) mass is 390 g/mol. The third kappa shape index (κ3) is 2.97. The Kier molecular flexibility index (Phi) is 4.49. The number of aromatic hydroxyl groups is 1. The summed E-state index contributed by atoms with van der Waals surface area (Å²) in [6.45, 7) is 0.180. The predicted octanol–water partition coefficient (Wildman–Crippen LogP) is 3.83. The summed E-state index contributed by atoms with van der Waals surface area (Å²) in [7, 11) is 3.02. The minimum absolute atomic E-state index is 0.0148. The molecule has 0 unspecified atom stereocenters. The number of methoxy groups -OCH3 is 2. The molecule has 5 nitrogen and oxygen atoms in total. The third-order valence-electron chi connectivity index (χ3n) is 3.72. The van der Waals surface area contributed by atoms with Crippen molar-refractivity contribution in [3.8, 4) is 23.0 Å². The van der Waals surface area contributed by atoms with Crippen LogP contribution in [0.15, 0.2) is 40.4 Å². The number of Topliss-reactive ketones (excluding diaryl/α,β-unsaturated/α-hetero) is 1. The number of carbonyl (C=O) groups is 1. The summed E-state index contributed by atoms with van der Waals surface area (Å²) in [6.07, 6.45) is 1.72. The molecule has 3 rings (SSSR count). The summed E-state index contributed by atoms with van der Waals surface area (Å²) in [6, 6.07) is 8.50. The number of carbonyl (C=O) groups excluding carboxylic acids is 1. The normalized spacial score (nSPS) is 15.0. The van der Waals surface area contributed by atoms with Crippen molar-refractivity contribution < 1.29 is 24.1 Å². The predicted molar refractivity (Wildman–Crippen MR) is 93.2 cm³/mol. The Balaban J connectivity index is 2.00. The number of rotatable bonds is 3. The van der Waals surface area contributed by atoms with E-state index < -0.39 is 0 Å². The number of phenols is 1. The van der Waals surface area contributed by atoms with E-state index in [1.54, 1.807) is 43.5 Å². The molecule has 0 spiro atoms. The topological polar surface area (TPSA) is 65.0 Å². The maximum atomic E-state index is 12.7. The number of hydrogen-bond acceptors (Lipinski definition) is 5. The van der Waals surface area contributed by atoms with Crippen LogP contribution in [-0.2, 0) is 0 Å². The lowest BCUT2D eigenvalue weighted by Crippen LogP contribution is -2.19. The largest absolute Gasteiger partial charge is 0.503 e. The number of ketones is 1. The van der Waals surface area contributed by atoms with Gasteiger partial charge in [-0.3, -0.25) is 4.79 Å². The van der Waals surface area contributed by atoms with Gasteiger partial charge in [-0.05, 0) is 57.9 Å². The summed E-state index contributed by atoms with van der Waals surface area (Å²) in [5.41, 5.74) is 1.70. The van der Waals surface area contributed by atoms with E-state index in [-0.39, 0.29) is 18.1 Å². The van der Waals surface area contributed by atoms with Crippen LogP contribution < -0.4 is 14.2 Å². The number of halogens is 1. The lowest BCUT2D eigenvalue weighted by Gasteiger charge is -2.19. The first-order chi connectivity index (χ1) is 11.5. The molecule has 1 aliphatic heterocycles. The molecule has 0 radical (unpaired) electrons. The first-order valence-corrected chi connectivity index (χ1v) is 7.95. The van der Waals surface area contributed by atoms with Gasteiger partial charge in [-0.2, -0.15) is 0 Å². The van der Waals surface area contributed by atoms with Gasteiger partial charge in [-0.25, -0.2) is 0 Å². The quantitative estimate of drug-likeness (QED) is 0.806. The van der Waals surface area contributed by atoms with Gasteiger partial charge < -0.3 is 19.3 Å². The lowest BCUT2D eigenvalue weighted by molar-refractivity contribution is 0.100. The average molecular weight is 391 g/mol. The van der Waals surface area contributed by atoms with Crippen LogP contribution in [0, 0.1) is 0 Å². The van der Waals surface area contributed by atoms with E-state index in [2.05, 4.69) is 15.9 Å². The SMILES string of the molecule is COc1ccc2c(c1)C(=O)C(=Cc1cc(Br)c(O)c(OC)c1)CO2. The van der Waals surface area contributed by atoms with Crippen molar-refractivity contribution in [1.29, 1.82) is 0 Å². The van der Waals surface area contributed by atoms with Gasteiger partial charge >= 0.3 is 0 Å². The molecular formula is C18H15BrO5. The fourth-order valence-electron chi connectivity index (χ4n) is 2.47. The van der Waals surface area contributed by atoms with Crippen molar-refractivity contribution in [2.75, 3.05) is 20.8 Å². The van der Waals surface area contributed by atoms with Crippen molar-refractivity contribution in [3.63, 3.8) is 0 Å².